The maximum Gasteiger partial charge on any atom is 0.257 e. The second-order valence-electron chi connectivity index (χ2n) is 3.34. The minimum atomic E-state index is -0.555. The van der Waals surface area contributed by atoms with E-state index < -0.39 is 6.10 Å². The van der Waals surface area contributed by atoms with E-state index in [0.717, 1.165) is 0 Å². The fourth-order valence-corrected chi connectivity index (χ4v) is 1.42. The Morgan fingerprint density at radius 1 is 1.56 bits per heavy atom. The van der Waals surface area contributed by atoms with Gasteiger partial charge in [0.15, 0.2) is 5.82 Å². The van der Waals surface area contributed by atoms with Crippen LogP contribution in [-0.4, -0.2) is 47.2 Å². The summed E-state index contributed by atoms with van der Waals surface area (Å²) in [5, 5.41) is 9.83. The van der Waals surface area contributed by atoms with Crippen molar-refractivity contribution in [3.05, 3.63) is 10.8 Å². The Morgan fingerprint density at radius 3 is 2.81 bits per heavy atom. The van der Waals surface area contributed by atoms with Gasteiger partial charge in [-0.2, -0.15) is 0 Å². The summed E-state index contributed by atoms with van der Waals surface area (Å²) in [5.74, 6) is 1.03. The van der Waals surface area contributed by atoms with Crippen LogP contribution in [0.4, 0.5) is 5.82 Å². The number of aromatic nitrogens is 2. The molecular formula is C9H13Br2N3O2. The van der Waals surface area contributed by atoms with Gasteiger partial charge in [-0.25, -0.2) is 9.97 Å². The van der Waals surface area contributed by atoms with Crippen molar-refractivity contribution in [3.8, 4) is 5.88 Å². The first kappa shape index (κ1) is 13.7. The third-order valence-electron chi connectivity index (χ3n) is 1.71. The predicted molar refractivity (Wildman–Crippen MR) is 69.4 cm³/mol. The van der Waals surface area contributed by atoms with Crippen molar-refractivity contribution in [2.24, 2.45) is 0 Å². The van der Waals surface area contributed by atoms with Crippen LogP contribution in [0.5, 0.6) is 5.88 Å². The van der Waals surface area contributed by atoms with Gasteiger partial charge in [0.05, 0.1) is 12.3 Å². The molecule has 16 heavy (non-hydrogen) atoms. The standard InChI is InChI=1S/C9H13Br2N3O2/c1-14(2)8-9(12-4-7(11)13-8)16-5-6(15)3-10/h4,6,15H,3,5H2,1-2H3. The fraction of sp³-hybridized carbons (Fsp3) is 0.556. The van der Waals surface area contributed by atoms with Crippen molar-refractivity contribution >= 4 is 37.7 Å². The van der Waals surface area contributed by atoms with E-state index in [9.17, 15) is 5.11 Å². The maximum absolute atomic E-state index is 9.36. The molecule has 0 aliphatic rings. The molecule has 0 bridgehead atoms. The summed E-state index contributed by atoms with van der Waals surface area (Å²) in [6.07, 6.45) is 1.00. The second-order valence-corrected chi connectivity index (χ2v) is 4.80. The van der Waals surface area contributed by atoms with Crippen LogP contribution in [0.25, 0.3) is 0 Å². The van der Waals surface area contributed by atoms with Crippen LogP contribution >= 0.6 is 31.9 Å². The van der Waals surface area contributed by atoms with Gasteiger partial charge in [-0.3, -0.25) is 0 Å². The highest BCUT2D eigenvalue weighted by atomic mass is 79.9. The summed E-state index contributed by atoms with van der Waals surface area (Å²) in [6, 6.07) is 0. The molecule has 0 amide bonds. The Balaban J connectivity index is 2.78. The van der Waals surface area contributed by atoms with Gasteiger partial charge in [-0.05, 0) is 15.9 Å². The number of alkyl halides is 1. The van der Waals surface area contributed by atoms with Crippen molar-refractivity contribution in [3.63, 3.8) is 0 Å². The zero-order valence-corrected chi connectivity index (χ0v) is 12.2. The molecule has 0 aliphatic heterocycles. The molecule has 1 atom stereocenters. The topological polar surface area (TPSA) is 58.5 Å². The van der Waals surface area contributed by atoms with Crippen LogP contribution in [0.2, 0.25) is 0 Å². The molecule has 0 aliphatic carbocycles. The van der Waals surface area contributed by atoms with Gasteiger partial charge in [0.2, 0.25) is 0 Å². The molecule has 5 nitrogen and oxygen atoms in total. The van der Waals surface area contributed by atoms with Crippen LogP contribution in [0.3, 0.4) is 0 Å². The molecule has 7 heteroatoms. The van der Waals surface area contributed by atoms with Crippen molar-refractivity contribution in [2.45, 2.75) is 6.10 Å². The molecule has 1 unspecified atom stereocenters. The third kappa shape index (κ3) is 3.88. The average molecular weight is 355 g/mol. The van der Waals surface area contributed by atoms with Crippen molar-refractivity contribution in [1.29, 1.82) is 0 Å². The number of hydrogen-bond acceptors (Lipinski definition) is 5. The van der Waals surface area contributed by atoms with Gasteiger partial charge in [0, 0.05) is 19.4 Å². The molecule has 0 saturated heterocycles. The summed E-state index contributed by atoms with van der Waals surface area (Å²) in [5.41, 5.74) is 0. The Morgan fingerprint density at radius 2 is 2.25 bits per heavy atom. The Labute approximate surface area is 111 Å². The molecule has 1 aromatic heterocycles. The van der Waals surface area contributed by atoms with Crippen LogP contribution in [0, 0.1) is 0 Å². The first-order valence-corrected chi connectivity index (χ1v) is 6.52. The Hall–Kier alpha value is -0.400. The largest absolute Gasteiger partial charge is 0.472 e. The van der Waals surface area contributed by atoms with E-state index in [1.807, 2.05) is 14.1 Å². The zero-order chi connectivity index (χ0) is 12.1. The molecule has 90 valence electrons. The number of ether oxygens (including phenoxy) is 1. The second kappa shape index (κ2) is 6.36. The van der Waals surface area contributed by atoms with Crippen molar-refractivity contribution in [1.82, 2.24) is 9.97 Å². The lowest BCUT2D eigenvalue weighted by Gasteiger charge is -2.16. The highest BCUT2D eigenvalue weighted by Crippen LogP contribution is 2.23. The number of anilines is 1. The average Bonchev–Trinajstić information content (AvgIpc) is 2.26. The van der Waals surface area contributed by atoms with Crippen molar-refractivity contribution in [2.75, 3.05) is 30.9 Å². The van der Waals surface area contributed by atoms with E-state index in [1.54, 1.807) is 11.1 Å². The molecule has 0 spiro atoms. The smallest absolute Gasteiger partial charge is 0.257 e. The van der Waals surface area contributed by atoms with Crippen LogP contribution < -0.4 is 9.64 Å². The van der Waals surface area contributed by atoms with E-state index >= 15 is 0 Å². The number of rotatable bonds is 5. The highest BCUT2D eigenvalue weighted by molar-refractivity contribution is 9.10. The van der Waals surface area contributed by atoms with Gasteiger partial charge in [-0.1, -0.05) is 15.9 Å². The number of nitrogens with zero attached hydrogens (tertiary/aromatic N) is 3. The molecule has 1 N–H and O–H groups in total. The summed E-state index contributed by atoms with van der Waals surface area (Å²) >= 11 is 6.41. The monoisotopic (exact) mass is 353 g/mol. The normalized spacial score (nSPS) is 12.3. The molecular weight excluding hydrogens is 342 g/mol. The molecule has 1 heterocycles. The zero-order valence-electron chi connectivity index (χ0n) is 9.02. The molecule has 0 saturated carbocycles. The minimum absolute atomic E-state index is 0.183. The van der Waals surface area contributed by atoms with E-state index in [0.29, 0.717) is 21.6 Å². The van der Waals surface area contributed by atoms with E-state index in [1.165, 1.54) is 0 Å². The molecule has 1 rings (SSSR count). The number of halogens is 2. The number of aliphatic hydroxyl groups is 1. The third-order valence-corrected chi connectivity index (χ3v) is 2.84. The van der Waals surface area contributed by atoms with E-state index in [4.69, 9.17) is 4.74 Å². The molecule has 1 aromatic rings. The molecule has 0 radical (unpaired) electrons. The summed E-state index contributed by atoms with van der Waals surface area (Å²) in [4.78, 5) is 10.1. The first-order valence-electron chi connectivity index (χ1n) is 4.61. The Kier molecular flexibility index (Phi) is 5.43. The SMILES string of the molecule is CN(C)c1nc(Br)cnc1OCC(O)CBr. The van der Waals surface area contributed by atoms with Crippen LogP contribution in [0.15, 0.2) is 10.8 Å². The van der Waals surface area contributed by atoms with Gasteiger partial charge in [0.25, 0.3) is 5.88 Å². The molecule has 0 aromatic carbocycles. The highest BCUT2D eigenvalue weighted by Gasteiger charge is 2.12. The lowest BCUT2D eigenvalue weighted by molar-refractivity contribution is 0.124. The maximum atomic E-state index is 9.36. The minimum Gasteiger partial charge on any atom is -0.472 e. The summed E-state index contributed by atoms with van der Waals surface area (Å²) in [7, 11) is 3.70. The first-order chi connectivity index (χ1) is 7.54. The number of hydrogen-bond donors (Lipinski definition) is 1. The van der Waals surface area contributed by atoms with Gasteiger partial charge in [0.1, 0.15) is 11.2 Å². The molecule has 0 fully saturated rings. The van der Waals surface area contributed by atoms with Gasteiger partial charge >= 0.3 is 0 Å². The predicted octanol–water partition coefficient (Wildman–Crippen LogP) is 1.44. The van der Waals surface area contributed by atoms with E-state index in [2.05, 4.69) is 41.8 Å². The lowest BCUT2D eigenvalue weighted by Crippen LogP contribution is -2.21. The quantitative estimate of drug-likeness (QED) is 0.811. The Bertz CT molecular complexity index is 350. The summed E-state index contributed by atoms with van der Waals surface area (Å²) in [6.45, 7) is 0.183. The van der Waals surface area contributed by atoms with Crippen LogP contribution in [0.1, 0.15) is 0 Å². The van der Waals surface area contributed by atoms with Crippen molar-refractivity contribution < 1.29 is 9.84 Å². The number of aliphatic hydroxyl groups excluding tert-OH is 1. The van der Waals surface area contributed by atoms with E-state index in [-0.39, 0.29) is 6.61 Å². The van der Waals surface area contributed by atoms with Gasteiger partial charge in [-0.15, -0.1) is 0 Å². The summed E-state index contributed by atoms with van der Waals surface area (Å²) < 4.78 is 6.03. The fourth-order valence-electron chi connectivity index (χ4n) is 0.960. The van der Waals surface area contributed by atoms with Gasteiger partial charge < -0.3 is 14.7 Å². The lowest BCUT2D eigenvalue weighted by atomic mass is 10.4. The van der Waals surface area contributed by atoms with Crippen LogP contribution in [-0.2, 0) is 0 Å².